The third-order valence-electron chi connectivity index (χ3n) is 2.08. The predicted molar refractivity (Wildman–Crippen MR) is 59.1 cm³/mol. The minimum absolute atomic E-state index is 0. The van der Waals surface area contributed by atoms with Crippen LogP contribution in [-0.4, -0.2) is 48.0 Å². The number of carboxylic acid groups (broad SMARTS) is 1. The molecule has 0 aliphatic heterocycles. The van der Waals surface area contributed by atoms with Crippen molar-refractivity contribution in [2.45, 2.75) is 11.2 Å². The Bertz CT molecular complexity index is 638. The molecule has 9 nitrogen and oxygen atoms in total. The molecule has 0 saturated carbocycles. The second kappa shape index (κ2) is 8.31. The summed E-state index contributed by atoms with van der Waals surface area (Å²) >= 11 is 0. The molecule has 0 fully saturated rings. The molecule has 0 saturated heterocycles. The van der Waals surface area contributed by atoms with Crippen molar-refractivity contribution < 1.29 is 94.0 Å². The van der Waals surface area contributed by atoms with Gasteiger partial charge in [-0.2, -0.15) is 8.42 Å². The van der Waals surface area contributed by atoms with E-state index in [-0.39, 0.29) is 51.4 Å². The monoisotopic (exact) mass is 344 g/mol. The molecule has 1 aromatic carbocycles. The molecule has 1 aromatic rings. The summed E-state index contributed by atoms with van der Waals surface area (Å²) in [7, 11) is -5.04. The van der Waals surface area contributed by atoms with Gasteiger partial charge in [-0.05, 0) is 6.07 Å². The molecular weight excluding hydrogens is 335 g/mol. The smallest absolute Gasteiger partial charge is 0.545 e. The summed E-state index contributed by atoms with van der Waals surface area (Å²) < 4.78 is 35.7. The Kier molecular flexibility index (Phi) is 8.16. The van der Waals surface area contributed by atoms with Crippen LogP contribution in [0.5, 0.6) is 0 Å². The number of hydrogen-bond donors (Lipinski definition) is 3. The quantitative estimate of drug-likeness (QED) is 0.205. The number of carbonyl (C=O) groups excluding carboxylic acids is 2. The van der Waals surface area contributed by atoms with E-state index in [0.717, 1.165) is 18.2 Å². The largest absolute Gasteiger partial charge is 1.00 e. The average molecular weight is 344 g/mol. The summed E-state index contributed by atoms with van der Waals surface area (Å²) in [5.74, 6) is -3.27. The molecule has 21 heavy (non-hydrogen) atoms. The maximum Gasteiger partial charge on any atom is 1.00 e. The van der Waals surface area contributed by atoms with Gasteiger partial charge in [0.1, 0.15) is 11.5 Å². The number of carbonyl (C=O) groups is 2. The fraction of sp³-hybridized carbons (Fsp3) is 0.200. The third-order valence-corrected chi connectivity index (χ3v) is 3.03. The van der Waals surface area contributed by atoms with Crippen LogP contribution < -0.4 is 56.5 Å². The maximum atomic E-state index is 11.6. The number of aliphatic hydroxyl groups excluding tert-OH is 1. The molecule has 0 bridgehead atoms. The third kappa shape index (κ3) is 5.73. The van der Waals surface area contributed by atoms with Crippen molar-refractivity contribution in [3.8, 4) is 0 Å². The second-order valence-electron chi connectivity index (χ2n) is 3.52. The van der Waals surface area contributed by atoms with Crippen LogP contribution in [0.4, 0.5) is 0 Å². The number of aliphatic hydroxyl groups is 2. The summed E-state index contributed by atoms with van der Waals surface area (Å²) in [5.41, 5.74) is -1.69. The summed E-state index contributed by atoms with van der Waals surface area (Å²) in [6, 6.07) is 2.74. The van der Waals surface area contributed by atoms with E-state index >= 15 is 0 Å². The number of rotatable bonds is 5. The molecule has 0 unspecified atom stereocenters. The van der Waals surface area contributed by atoms with E-state index < -0.39 is 51.0 Å². The first-order valence-electron chi connectivity index (χ1n) is 4.99. The Morgan fingerprint density at radius 1 is 1.24 bits per heavy atom. The summed E-state index contributed by atoms with van der Waals surface area (Å²) in [6.45, 7) is -0.862. The van der Waals surface area contributed by atoms with Crippen LogP contribution in [0, 0.1) is 0 Å². The van der Waals surface area contributed by atoms with Gasteiger partial charge in [0.05, 0.1) is 11.5 Å². The van der Waals surface area contributed by atoms with Crippen LogP contribution in [0.3, 0.4) is 0 Å². The number of ether oxygens (including phenoxy) is 1. The molecule has 0 amide bonds. The van der Waals surface area contributed by atoms with E-state index in [9.17, 15) is 23.1 Å². The summed E-state index contributed by atoms with van der Waals surface area (Å²) in [5, 5.41) is 27.8. The number of benzene rings is 1. The molecular formula is C10H9KO9S. The van der Waals surface area contributed by atoms with Gasteiger partial charge in [-0.25, -0.2) is 4.79 Å². The van der Waals surface area contributed by atoms with Gasteiger partial charge >= 0.3 is 57.4 Å². The van der Waals surface area contributed by atoms with E-state index in [1.165, 1.54) is 0 Å². The Balaban J connectivity index is 0.00000400. The molecule has 0 radical (unpaired) electrons. The molecule has 0 aliphatic rings. The van der Waals surface area contributed by atoms with Crippen molar-refractivity contribution in [3.63, 3.8) is 0 Å². The number of carboxylic acids is 1. The van der Waals surface area contributed by atoms with Crippen LogP contribution in [0.25, 0.3) is 0 Å². The topological polar surface area (TPSA) is 161 Å². The van der Waals surface area contributed by atoms with Gasteiger partial charge in [0.2, 0.25) is 0 Å². The zero-order chi connectivity index (χ0) is 15.5. The fourth-order valence-electron chi connectivity index (χ4n) is 1.36. The van der Waals surface area contributed by atoms with Crippen LogP contribution in [-0.2, 0) is 14.9 Å². The minimum atomic E-state index is -5.04. The average Bonchev–Trinajstić information content (AvgIpc) is 2.33. The van der Waals surface area contributed by atoms with E-state index in [0.29, 0.717) is 0 Å². The Labute approximate surface area is 161 Å². The van der Waals surface area contributed by atoms with Crippen molar-refractivity contribution in [1.29, 1.82) is 0 Å². The Morgan fingerprint density at radius 2 is 1.76 bits per heavy atom. The second-order valence-corrected chi connectivity index (χ2v) is 4.88. The van der Waals surface area contributed by atoms with Crippen LogP contribution >= 0.6 is 0 Å². The standard InChI is InChI=1S/C10H10O9S.K/c11-7(12)4-19-10(15)6-3-1-2-5(9(13)14)8(6)20(16,17)18;/h1-3,7,11-12H,4H2,(H,13,14)(H,16,17,18);/q;+1/p-1. The van der Waals surface area contributed by atoms with Crippen molar-refractivity contribution in [1.82, 2.24) is 0 Å². The van der Waals surface area contributed by atoms with Crippen LogP contribution in [0.1, 0.15) is 20.7 Å². The Hall–Kier alpha value is -0.374. The number of hydrogen-bond acceptors (Lipinski definition) is 8. The number of aromatic carboxylic acids is 1. The van der Waals surface area contributed by atoms with Gasteiger partial charge in [0.15, 0.2) is 6.29 Å². The van der Waals surface area contributed by atoms with Gasteiger partial charge < -0.3 is 24.9 Å². The van der Waals surface area contributed by atoms with Crippen molar-refractivity contribution in [2.75, 3.05) is 6.61 Å². The normalized spacial score (nSPS) is 10.9. The van der Waals surface area contributed by atoms with E-state index in [2.05, 4.69) is 4.74 Å². The number of esters is 1. The molecule has 0 atom stereocenters. The SMILES string of the molecule is O=C([O-])c1cccc(C(=O)OCC(O)O)c1S(=O)(=O)O.[K+]. The first-order chi connectivity index (χ1) is 9.14. The maximum absolute atomic E-state index is 11.6. The molecule has 1 rings (SSSR count). The zero-order valence-electron chi connectivity index (χ0n) is 10.7. The predicted octanol–water partition coefficient (Wildman–Crippen LogP) is -5.23. The van der Waals surface area contributed by atoms with Crippen LogP contribution in [0.2, 0.25) is 0 Å². The van der Waals surface area contributed by atoms with Crippen molar-refractivity contribution >= 4 is 22.1 Å². The molecule has 0 heterocycles. The Morgan fingerprint density at radius 3 is 2.19 bits per heavy atom. The molecule has 110 valence electrons. The molecule has 0 aliphatic carbocycles. The van der Waals surface area contributed by atoms with Gasteiger partial charge in [0.25, 0.3) is 10.1 Å². The van der Waals surface area contributed by atoms with Gasteiger partial charge in [-0.3, -0.25) is 4.55 Å². The van der Waals surface area contributed by atoms with E-state index in [1.54, 1.807) is 0 Å². The zero-order valence-corrected chi connectivity index (χ0v) is 14.7. The molecule has 0 aromatic heterocycles. The molecule has 3 N–H and O–H groups in total. The first-order valence-corrected chi connectivity index (χ1v) is 6.43. The summed E-state index contributed by atoms with van der Waals surface area (Å²) in [4.78, 5) is 21.2. The van der Waals surface area contributed by atoms with Crippen molar-refractivity contribution in [3.05, 3.63) is 29.3 Å². The van der Waals surface area contributed by atoms with E-state index in [4.69, 9.17) is 14.8 Å². The van der Waals surface area contributed by atoms with Crippen LogP contribution in [0.15, 0.2) is 23.1 Å². The minimum Gasteiger partial charge on any atom is -0.545 e. The molecule has 0 spiro atoms. The van der Waals surface area contributed by atoms with Gasteiger partial charge in [-0.15, -0.1) is 0 Å². The van der Waals surface area contributed by atoms with E-state index in [1.807, 2.05) is 0 Å². The van der Waals surface area contributed by atoms with Gasteiger partial charge in [-0.1, -0.05) is 12.1 Å². The van der Waals surface area contributed by atoms with Crippen molar-refractivity contribution in [2.24, 2.45) is 0 Å². The van der Waals surface area contributed by atoms with Gasteiger partial charge in [0, 0.05) is 5.56 Å². The molecule has 11 heteroatoms. The first kappa shape index (κ1) is 20.6. The fourth-order valence-corrected chi connectivity index (χ4v) is 2.22. The summed E-state index contributed by atoms with van der Waals surface area (Å²) in [6.07, 6.45) is -1.99.